The van der Waals surface area contributed by atoms with Gasteiger partial charge in [0.05, 0.1) is 0 Å². The van der Waals surface area contributed by atoms with Gasteiger partial charge in [0, 0.05) is 18.2 Å². The molecule has 2 amide bonds. The number of phenolic OH excluding ortho intramolecular Hbond substituents is 1. The maximum Gasteiger partial charge on any atom is 0.326 e. The number of thioether (sulfide) groups is 1. The molecule has 6 nitrogen and oxygen atoms in total. The smallest absolute Gasteiger partial charge is 0.326 e. The molecule has 1 heterocycles. The van der Waals surface area contributed by atoms with Crippen molar-refractivity contribution in [2.24, 2.45) is 0 Å². The Morgan fingerprint density at radius 2 is 2.05 bits per heavy atom. The number of aromatic hydroxyl groups is 1. The van der Waals surface area contributed by atoms with Crippen molar-refractivity contribution in [1.29, 1.82) is 0 Å². The average molecular weight is 310 g/mol. The molecule has 1 saturated heterocycles. The molecule has 2 atom stereocenters. The average Bonchev–Trinajstić information content (AvgIpc) is 2.93. The van der Waals surface area contributed by atoms with Crippen LogP contribution in [0.15, 0.2) is 24.3 Å². The second-order valence-corrected chi connectivity index (χ2v) is 6.09. The summed E-state index contributed by atoms with van der Waals surface area (Å²) in [6.45, 7) is 0. The molecule has 1 aromatic carbocycles. The highest BCUT2D eigenvalue weighted by Crippen LogP contribution is 2.17. The molecule has 0 saturated carbocycles. The van der Waals surface area contributed by atoms with E-state index < -0.39 is 18.0 Å². The Hall–Kier alpha value is -1.89. The number of phenols is 1. The number of carbonyl (C=O) groups is 2. The molecule has 2 rings (SSSR count). The first kappa shape index (κ1) is 15.5. The van der Waals surface area contributed by atoms with E-state index in [1.807, 2.05) is 0 Å². The molecule has 0 aliphatic carbocycles. The van der Waals surface area contributed by atoms with Gasteiger partial charge in [-0.1, -0.05) is 12.1 Å². The molecule has 1 aliphatic rings. The van der Waals surface area contributed by atoms with Crippen LogP contribution in [0.5, 0.6) is 5.75 Å². The number of carboxylic acids is 1. The number of carbonyl (C=O) groups excluding carboxylic acids is 1. The fourth-order valence-electron chi connectivity index (χ4n) is 2.10. The van der Waals surface area contributed by atoms with Gasteiger partial charge in [-0.05, 0) is 29.9 Å². The molecule has 0 bridgehead atoms. The van der Waals surface area contributed by atoms with Gasteiger partial charge in [-0.3, -0.25) is 0 Å². The summed E-state index contributed by atoms with van der Waals surface area (Å²) in [6, 6.07) is 4.92. The highest BCUT2D eigenvalue weighted by molar-refractivity contribution is 7.99. The second-order valence-electron chi connectivity index (χ2n) is 4.94. The Morgan fingerprint density at radius 1 is 1.33 bits per heavy atom. The molecular formula is C14H18N2O4S. The van der Waals surface area contributed by atoms with E-state index in [-0.39, 0.29) is 18.2 Å². The van der Waals surface area contributed by atoms with E-state index in [9.17, 15) is 19.8 Å². The molecule has 0 radical (unpaired) electrons. The largest absolute Gasteiger partial charge is 0.508 e. The third-order valence-electron chi connectivity index (χ3n) is 3.24. The number of hydrogen-bond acceptors (Lipinski definition) is 4. The van der Waals surface area contributed by atoms with Gasteiger partial charge >= 0.3 is 12.0 Å². The van der Waals surface area contributed by atoms with E-state index in [4.69, 9.17) is 0 Å². The summed E-state index contributed by atoms with van der Waals surface area (Å²) in [7, 11) is 0. The summed E-state index contributed by atoms with van der Waals surface area (Å²) in [5, 5.41) is 23.7. The minimum Gasteiger partial charge on any atom is -0.508 e. The first-order chi connectivity index (χ1) is 10.0. The van der Waals surface area contributed by atoms with Gasteiger partial charge in [0.1, 0.15) is 11.8 Å². The number of benzene rings is 1. The topological polar surface area (TPSA) is 98.7 Å². The lowest BCUT2D eigenvalue weighted by atomic mass is 10.1. The van der Waals surface area contributed by atoms with Crippen molar-refractivity contribution in [1.82, 2.24) is 10.6 Å². The monoisotopic (exact) mass is 310 g/mol. The minimum atomic E-state index is -1.08. The van der Waals surface area contributed by atoms with E-state index in [2.05, 4.69) is 10.6 Å². The summed E-state index contributed by atoms with van der Waals surface area (Å²) in [5.41, 5.74) is 0.733. The molecule has 4 N–H and O–H groups in total. The van der Waals surface area contributed by atoms with Gasteiger partial charge in [0.25, 0.3) is 0 Å². The van der Waals surface area contributed by atoms with Gasteiger partial charge in [-0.25, -0.2) is 9.59 Å². The van der Waals surface area contributed by atoms with Gasteiger partial charge in [-0.15, -0.1) is 0 Å². The maximum atomic E-state index is 11.8. The number of urea groups is 1. The summed E-state index contributed by atoms with van der Waals surface area (Å²) in [4.78, 5) is 23.1. The summed E-state index contributed by atoms with van der Waals surface area (Å²) in [5.74, 6) is 0.915. The van der Waals surface area contributed by atoms with Crippen LogP contribution in [0.1, 0.15) is 12.0 Å². The zero-order valence-corrected chi connectivity index (χ0v) is 12.2. The number of amides is 2. The van der Waals surface area contributed by atoms with E-state index >= 15 is 0 Å². The Morgan fingerprint density at radius 3 is 2.62 bits per heavy atom. The predicted molar refractivity (Wildman–Crippen MR) is 80.6 cm³/mol. The van der Waals surface area contributed by atoms with Gasteiger partial charge < -0.3 is 20.8 Å². The minimum absolute atomic E-state index is 0.109. The van der Waals surface area contributed by atoms with E-state index in [0.717, 1.165) is 23.5 Å². The van der Waals surface area contributed by atoms with Crippen LogP contribution in [-0.4, -0.2) is 45.8 Å². The van der Waals surface area contributed by atoms with Gasteiger partial charge in [0.15, 0.2) is 0 Å². The standard InChI is InChI=1S/C14H18N2O4S/c17-11-3-1-9(2-4-11)7-12(13(18)19)16-14(20)15-10-5-6-21-8-10/h1-4,10,12,17H,5-8H2,(H,18,19)(H2,15,16,20)/t10?,12-/m0/s1. The first-order valence-corrected chi connectivity index (χ1v) is 7.85. The zero-order valence-electron chi connectivity index (χ0n) is 11.4. The van der Waals surface area contributed by atoms with Crippen molar-refractivity contribution in [2.45, 2.75) is 24.9 Å². The summed E-state index contributed by atoms with van der Waals surface area (Å²) >= 11 is 1.77. The summed E-state index contributed by atoms with van der Waals surface area (Å²) < 4.78 is 0. The number of nitrogens with one attached hydrogen (secondary N) is 2. The van der Waals surface area contributed by atoms with Crippen molar-refractivity contribution in [3.05, 3.63) is 29.8 Å². The molecule has 1 fully saturated rings. The summed E-state index contributed by atoms with van der Waals surface area (Å²) in [6.07, 6.45) is 1.08. The second kappa shape index (κ2) is 7.21. The highest BCUT2D eigenvalue weighted by Gasteiger charge is 2.23. The predicted octanol–water partition coefficient (Wildman–Crippen LogP) is 1.19. The molecule has 7 heteroatoms. The third kappa shape index (κ3) is 4.86. The number of hydrogen-bond donors (Lipinski definition) is 4. The molecule has 114 valence electrons. The van der Waals surface area contributed by atoms with Crippen LogP contribution in [0.4, 0.5) is 4.79 Å². The van der Waals surface area contributed by atoms with Crippen LogP contribution in [0.2, 0.25) is 0 Å². The molecule has 1 aliphatic heterocycles. The molecular weight excluding hydrogens is 292 g/mol. The Kier molecular flexibility index (Phi) is 5.32. The quantitative estimate of drug-likeness (QED) is 0.655. The Labute approximate surface area is 126 Å². The van der Waals surface area contributed by atoms with Crippen molar-refractivity contribution < 1.29 is 19.8 Å². The number of carboxylic acid groups (broad SMARTS) is 1. The fraction of sp³-hybridized carbons (Fsp3) is 0.429. The van der Waals surface area contributed by atoms with Crippen molar-refractivity contribution in [3.8, 4) is 5.75 Å². The molecule has 21 heavy (non-hydrogen) atoms. The number of rotatable bonds is 5. The molecule has 1 unspecified atom stereocenters. The maximum absolute atomic E-state index is 11.8. The lowest BCUT2D eigenvalue weighted by Gasteiger charge is -2.17. The van der Waals surface area contributed by atoms with Crippen molar-refractivity contribution in [3.63, 3.8) is 0 Å². The van der Waals surface area contributed by atoms with Crippen LogP contribution < -0.4 is 10.6 Å². The third-order valence-corrected chi connectivity index (χ3v) is 4.41. The first-order valence-electron chi connectivity index (χ1n) is 6.70. The zero-order chi connectivity index (χ0) is 15.2. The molecule has 0 spiro atoms. The van der Waals surface area contributed by atoms with Crippen LogP contribution in [0, 0.1) is 0 Å². The van der Waals surface area contributed by atoms with Crippen LogP contribution in [0.25, 0.3) is 0 Å². The van der Waals surface area contributed by atoms with Gasteiger partial charge in [-0.2, -0.15) is 11.8 Å². The van der Waals surface area contributed by atoms with Gasteiger partial charge in [0.2, 0.25) is 0 Å². The lowest BCUT2D eigenvalue weighted by molar-refractivity contribution is -0.139. The SMILES string of the molecule is O=C(NC1CCSC1)N[C@@H](Cc1ccc(O)cc1)C(=O)O. The number of aliphatic carboxylic acids is 1. The lowest BCUT2D eigenvalue weighted by Crippen LogP contribution is -2.49. The highest BCUT2D eigenvalue weighted by atomic mass is 32.2. The normalized spacial score (nSPS) is 19.0. The van der Waals surface area contributed by atoms with Crippen molar-refractivity contribution in [2.75, 3.05) is 11.5 Å². The fourth-order valence-corrected chi connectivity index (χ4v) is 3.25. The van der Waals surface area contributed by atoms with E-state index in [1.165, 1.54) is 12.1 Å². The van der Waals surface area contributed by atoms with Crippen LogP contribution in [-0.2, 0) is 11.2 Å². The molecule has 0 aromatic heterocycles. The van der Waals surface area contributed by atoms with Crippen molar-refractivity contribution >= 4 is 23.8 Å². The van der Waals surface area contributed by atoms with E-state index in [0.29, 0.717) is 0 Å². The van der Waals surface area contributed by atoms with E-state index in [1.54, 1.807) is 23.9 Å². The van der Waals surface area contributed by atoms with Crippen LogP contribution in [0.3, 0.4) is 0 Å². The Balaban J connectivity index is 1.90. The molecule has 1 aromatic rings. The van der Waals surface area contributed by atoms with Crippen LogP contribution >= 0.6 is 11.8 Å². The Bertz CT molecular complexity index is 500.